The number of hydrogen-bond donors (Lipinski definition) is 1. The second-order valence-electron chi connectivity index (χ2n) is 6.39. The van der Waals surface area contributed by atoms with Crippen LogP contribution in [0, 0.1) is 0 Å². The first-order chi connectivity index (χ1) is 13.1. The van der Waals surface area contributed by atoms with E-state index < -0.39 is 0 Å². The van der Waals surface area contributed by atoms with Gasteiger partial charge in [0.05, 0.1) is 10.0 Å². The first kappa shape index (κ1) is 17.8. The fourth-order valence-electron chi connectivity index (χ4n) is 3.27. The monoisotopic (exact) mass is 397 g/mol. The summed E-state index contributed by atoms with van der Waals surface area (Å²) in [6.45, 7) is 0.667. The standard InChI is InChI=1S/C21H17Cl2N3O/c22-18-6-5-17(13-19(18)23)25-21(27)26-11-1-2-15-3-4-16(12-20(15)26)14-7-9-24-10-8-14/h3-10,12-13H,1-2,11H2,(H,25,27). The highest BCUT2D eigenvalue weighted by atomic mass is 35.5. The molecule has 1 aromatic heterocycles. The molecule has 3 aromatic rings. The summed E-state index contributed by atoms with van der Waals surface area (Å²) in [5.41, 5.74) is 4.86. The number of aromatic nitrogens is 1. The SMILES string of the molecule is O=C(Nc1ccc(Cl)c(Cl)c1)N1CCCc2ccc(-c3ccncc3)cc21. The summed E-state index contributed by atoms with van der Waals surface area (Å²) in [6, 6.07) is 15.1. The minimum absolute atomic E-state index is 0.179. The van der Waals surface area contributed by atoms with Gasteiger partial charge in [-0.3, -0.25) is 9.88 Å². The molecule has 0 fully saturated rings. The van der Waals surface area contributed by atoms with Gasteiger partial charge in [-0.25, -0.2) is 4.79 Å². The minimum atomic E-state index is -0.179. The van der Waals surface area contributed by atoms with Crippen molar-refractivity contribution in [2.24, 2.45) is 0 Å². The van der Waals surface area contributed by atoms with Gasteiger partial charge in [-0.1, -0.05) is 35.3 Å². The average Bonchev–Trinajstić information content (AvgIpc) is 2.70. The lowest BCUT2D eigenvalue weighted by molar-refractivity contribution is 0.256. The highest BCUT2D eigenvalue weighted by Crippen LogP contribution is 2.33. The van der Waals surface area contributed by atoms with E-state index in [-0.39, 0.29) is 6.03 Å². The molecule has 1 N–H and O–H groups in total. The van der Waals surface area contributed by atoms with Crippen LogP contribution in [0.2, 0.25) is 10.0 Å². The Hall–Kier alpha value is -2.56. The van der Waals surface area contributed by atoms with Crippen molar-refractivity contribution in [3.8, 4) is 11.1 Å². The van der Waals surface area contributed by atoms with E-state index in [4.69, 9.17) is 23.2 Å². The number of carbonyl (C=O) groups excluding carboxylic acids is 1. The Bertz CT molecular complexity index is 992. The summed E-state index contributed by atoms with van der Waals surface area (Å²) in [5.74, 6) is 0. The van der Waals surface area contributed by atoms with Crippen molar-refractivity contribution >= 4 is 40.6 Å². The van der Waals surface area contributed by atoms with Gasteiger partial charge in [-0.15, -0.1) is 0 Å². The van der Waals surface area contributed by atoms with E-state index in [9.17, 15) is 4.79 Å². The van der Waals surface area contributed by atoms with E-state index in [1.807, 2.05) is 12.1 Å². The van der Waals surface area contributed by atoms with E-state index in [1.165, 1.54) is 5.56 Å². The minimum Gasteiger partial charge on any atom is -0.307 e. The Labute approximate surface area is 167 Å². The van der Waals surface area contributed by atoms with Crippen molar-refractivity contribution in [3.63, 3.8) is 0 Å². The maximum absolute atomic E-state index is 12.9. The summed E-state index contributed by atoms with van der Waals surface area (Å²) in [6.07, 6.45) is 5.42. The van der Waals surface area contributed by atoms with Gasteiger partial charge < -0.3 is 5.32 Å². The maximum atomic E-state index is 12.9. The average molecular weight is 398 g/mol. The van der Waals surface area contributed by atoms with Crippen LogP contribution in [0.15, 0.2) is 60.9 Å². The van der Waals surface area contributed by atoms with Gasteiger partial charge in [0.2, 0.25) is 0 Å². The number of rotatable bonds is 2. The smallest absolute Gasteiger partial charge is 0.307 e. The van der Waals surface area contributed by atoms with E-state index in [1.54, 1.807) is 35.5 Å². The summed E-state index contributed by atoms with van der Waals surface area (Å²) < 4.78 is 0. The second-order valence-corrected chi connectivity index (χ2v) is 7.21. The molecule has 0 spiro atoms. The predicted molar refractivity (Wildman–Crippen MR) is 111 cm³/mol. The van der Waals surface area contributed by atoms with Crippen molar-refractivity contribution in [2.45, 2.75) is 12.8 Å². The third-order valence-electron chi connectivity index (χ3n) is 4.63. The van der Waals surface area contributed by atoms with E-state index in [0.717, 1.165) is 29.7 Å². The van der Waals surface area contributed by atoms with E-state index in [2.05, 4.69) is 28.5 Å². The Morgan fingerprint density at radius 2 is 1.78 bits per heavy atom. The Morgan fingerprint density at radius 1 is 0.963 bits per heavy atom. The van der Waals surface area contributed by atoms with Crippen LogP contribution >= 0.6 is 23.2 Å². The molecular weight excluding hydrogens is 381 g/mol. The molecule has 4 nitrogen and oxygen atoms in total. The van der Waals surface area contributed by atoms with Crippen LogP contribution < -0.4 is 10.2 Å². The van der Waals surface area contributed by atoms with Crippen LogP contribution in [0.1, 0.15) is 12.0 Å². The fourth-order valence-corrected chi connectivity index (χ4v) is 3.57. The molecule has 4 rings (SSSR count). The number of nitrogens with one attached hydrogen (secondary N) is 1. The highest BCUT2D eigenvalue weighted by molar-refractivity contribution is 6.42. The number of halogens is 2. The summed E-state index contributed by atoms with van der Waals surface area (Å²) in [7, 11) is 0. The Balaban J connectivity index is 1.63. The topological polar surface area (TPSA) is 45.2 Å². The fraction of sp³-hybridized carbons (Fsp3) is 0.143. The predicted octanol–water partition coefficient (Wildman–Crippen LogP) is 6.04. The first-order valence-electron chi connectivity index (χ1n) is 8.69. The van der Waals surface area contributed by atoms with Crippen molar-refractivity contribution in [1.82, 2.24) is 4.98 Å². The van der Waals surface area contributed by atoms with Crippen LogP contribution in [-0.2, 0) is 6.42 Å². The molecule has 0 aliphatic carbocycles. The number of amides is 2. The van der Waals surface area contributed by atoms with Crippen LogP contribution in [0.4, 0.5) is 16.2 Å². The second kappa shape index (κ2) is 7.59. The molecule has 2 amide bonds. The third kappa shape index (κ3) is 3.77. The number of anilines is 2. The van der Waals surface area contributed by atoms with Gasteiger partial charge >= 0.3 is 6.03 Å². The first-order valence-corrected chi connectivity index (χ1v) is 9.44. The molecule has 0 saturated carbocycles. The zero-order valence-electron chi connectivity index (χ0n) is 14.5. The van der Waals surface area contributed by atoms with E-state index >= 15 is 0 Å². The van der Waals surface area contributed by atoms with E-state index in [0.29, 0.717) is 22.3 Å². The molecule has 0 unspecified atom stereocenters. The number of fused-ring (bicyclic) bond motifs is 1. The molecule has 1 aliphatic heterocycles. The molecule has 6 heteroatoms. The number of carbonyl (C=O) groups is 1. The summed E-state index contributed by atoms with van der Waals surface area (Å²) >= 11 is 12.0. The molecule has 1 aliphatic rings. The van der Waals surface area contributed by atoms with Crippen molar-refractivity contribution in [1.29, 1.82) is 0 Å². The molecule has 2 aromatic carbocycles. The molecular formula is C21H17Cl2N3O. The molecule has 0 saturated heterocycles. The zero-order valence-corrected chi connectivity index (χ0v) is 16.0. The van der Waals surface area contributed by atoms with Gasteiger partial charge in [0.15, 0.2) is 0 Å². The molecule has 0 atom stereocenters. The molecule has 0 bridgehead atoms. The lowest BCUT2D eigenvalue weighted by atomic mass is 9.97. The lowest BCUT2D eigenvalue weighted by Gasteiger charge is -2.30. The maximum Gasteiger partial charge on any atom is 0.326 e. The van der Waals surface area contributed by atoms with Gasteiger partial charge in [0, 0.05) is 30.3 Å². The zero-order chi connectivity index (χ0) is 18.8. The van der Waals surface area contributed by atoms with Gasteiger partial charge in [-0.2, -0.15) is 0 Å². The van der Waals surface area contributed by atoms with Crippen LogP contribution in [-0.4, -0.2) is 17.6 Å². The lowest BCUT2D eigenvalue weighted by Crippen LogP contribution is -2.38. The molecule has 136 valence electrons. The van der Waals surface area contributed by atoms with Gasteiger partial charge in [-0.05, 0) is 65.9 Å². The number of nitrogens with zero attached hydrogens (tertiary/aromatic N) is 2. The molecule has 0 radical (unpaired) electrons. The molecule has 2 heterocycles. The van der Waals surface area contributed by atoms with Crippen molar-refractivity contribution in [2.75, 3.05) is 16.8 Å². The summed E-state index contributed by atoms with van der Waals surface area (Å²) in [4.78, 5) is 18.8. The number of hydrogen-bond acceptors (Lipinski definition) is 2. The van der Waals surface area contributed by atoms with Crippen LogP contribution in [0.25, 0.3) is 11.1 Å². The largest absolute Gasteiger partial charge is 0.326 e. The number of benzene rings is 2. The Kier molecular flexibility index (Phi) is 5.01. The van der Waals surface area contributed by atoms with Crippen LogP contribution in [0.3, 0.4) is 0 Å². The van der Waals surface area contributed by atoms with Crippen molar-refractivity contribution in [3.05, 3.63) is 76.5 Å². The van der Waals surface area contributed by atoms with Gasteiger partial charge in [0.1, 0.15) is 0 Å². The Morgan fingerprint density at radius 3 is 2.56 bits per heavy atom. The number of urea groups is 1. The third-order valence-corrected chi connectivity index (χ3v) is 5.37. The number of aryl methyl sites for hydroxylation is 1. The number of pyridine rings is 1. The van der Waals surface area contributed by atoms with Gasteiger partial charge in [0.25, 0.3) is 0 Å². The van der Waals surface area contributed by atoms with Crippen molar-refractivity contribution < 1.29 is 4.79 Å². The van der Waals surface area contributed by atoms with Crippen LogP contribution in [0.5, 0.6) is 0 Å². The summed E-state index contributed by atoms with van der Waals surface area (Å²) in [5, 5.41) is 3.78. The normalized spacial score (nSPS) is 13.2. The highest BCUT2D eigenvalue weighted by Gasteiger charge is 2.23. The quantitative estimate of drug-likeness (QED) is 0.572. The molecule has 27 heavy (non-hydrogen) atoms.